The molecule has 0 spiro atoms. The predicted octanol–water partition coefficient (Wildman–Crippen LogP) is 3.61. The van der Waals surface area contributed by atoms with Crippen LogP contribution in [0.15, 0.2) is 54.0 Å². The van der Waals surface area contributed by atoms with Crippen LogP contribution in [0.5, 0.6) is 5.75 Å². The number of benzene rings is 1. The number of nitrogens with zero attached hydrogens (tertiary/aromatic N) is 2. The number of fused-ring (bicyclic) bond motifs is 1. The molecule has 1 amide bonds. The third-order valence-electron chi connectivity index (χ3n) is 4.51. The van der Waals surface area contributed by atoms with Crippen LogP contribution in [-0.4, -0.2) is 30.0 Å². The summed E-state index contributed by atoms with van der Waals surface area (Å²) in [4.78, 5) is 31.6. The van der Waals surface area contributed by atoms with Crippen molar-refractivity contribution >= 4 is 29.0 Å². The molecule has 3 aromatic rings. The SMILES string of the molecule is CN1C(=O)C(Cc2cccs2)Oc2cc(C(=O)OCc3ccc(F)cc3)cnc21. The third-order valence-corrected chi connectivity index (χ3v) is 5.41. The Balaban J connectivity index is 1.49. The number of likely N-dealkylation sites (N-methyl/N-ethyl adjacent to an activating group) is 1. The van der Waals surface area contributed by atoms with Crippen molar-refractivity contribution in [1.29, 1.82) is 0 Å². The van der Waals surface area contributed by atoms with Crippen molar-refractivity contribution in [2.24, 2.45) is 0 Å². The second-order valence-corrected chi connectivity index (χ2v) is 7.57. The number of ether oxygens (including phenoxy) is 2. The summed E-state index contributed by atoms with van der Waals surface area (Å²) in [6.45, 7) is 0.0104. The van der Waals surface area contributed by atoms with E-state index in [1.54, 1.807) is 30.5 Å². The van der Waals surface area contributed by atoms with Crippen LogP contribution in [0.3, 0.4) is 0 Å². The molecule has 0 aliphatic carbocycles. The molecular formula is C21H17FN2O4S. The Kier molecular flexibility index (Phi) is 5.26. The van der Waals surface area contributed by atoms with E-state index in [9.17, 15) is 14.0 Å². The molecule has 1 aromatic carbocycles. The lowest BCUT2D eigenvalue weighted by Crippen LogP contribution is -2.45. The van der Waals surface area contributed by atoms with Gasteiger partial charge in [-0.15, -0.1) is 11.3 Å². The summed E-state index contributed by atoms with van der Waals surface area (Å²) in [6, 6.07) is 11.1. The van der Waals surface area contributed by atoms with E-state index in [0.29, 0.717) is 23.6 Å². The molecule has 3 heterocycles. The number of carbonyl (C=O) groups excluding carboxylic acids is 2. The molecule has 6 nitrogen and oxygen atoms in total. The van der Waals surface area contributed by atoms with Gasteiger partial charge >= 0.3 is 5.97 Å². The molecular weight excluding hydrogens is 395 g/mol. The maximum atomic E-state index is 13.0. The Morgan fingerprint density at radius 3 is 2.83 bits per heavy atom. The van der Waals surface area contributed by atoms with Crippen molar-refractivity contribution in [3.05, 3.63) is 75.9 Å². The predicted molar refractivity (Wildman–Crippen MR) is 106 cm³/mol. The molecule has 0 radical (unpaired) electrons. The Morgan fingerprint density at radius 1 is 1.31 bits per heavy atom. The number of esters is 1. The number of rotatable bonds is 5. The third kappa shape index (κ3) is 4.12. The number of pyridine rings is 1. The Labute approximate surface area is 170 Å². The first kappa shape index (κ1) is 19.1. The molecule has 2 aromatic heterocycles. The zero-order valence-corrected chi connectivity index (χ0v) is 16.3. The number of hydrogen-bond donors (Lipinski definition) is 0. The topological polar surface area (TPSA) is 68.7 Å². The second-order valence-electron chi connectivity index (χ2n) is 6.54. The van der Waals surface area contributed by atoms with E-state index in [1.807, 2.05) is 17.5 Å². The molecule has 4 rings (SSSR count). The quantitative estimate of drug-likeness (QED) is 0.599. The van der Waals surface area contributed by atoms with Crippen molar-refractivity contribution in [2.75, 3.05) is 11.9 Å². The van der Waals surface area contributed by atoms with Gasteiger partial charge in [0.2, 0.25) is 0 Å². The molecule has 0 bridgehead atoms. The molecule has 8 heteroatoms. The first-order chi connectivity index (χ1) is 14.0. The lowest BCUT2D eigenvalue weighted by Gasteiger charge is -2.30. The number of amides is 1. The average Bonchev–Trinajstić information content (AvgIpc) is 3.24. The molecule has 1 atom stereocenters. The molecule has 1 unspecified atom stereocenters. The first-order valence-electron chi connectivity index (χ1n) is 8.89. The van der Waals surface area contributed by atoms with Crippen LogP contribution < -0.4 is 9.64 Å². The molecule has 1 aliphatic heterocycles. The first-order valence-corrected chi connectivity index (χ1v) is 9.77. The van der Waals surface area contributed by atoms with Crippen LogP contribution in [0.4, 0.5) is 10.2 Å². The molecule has 0 saturated carbocycles. The summed E-state index contributed by atoms with van der Waals surface area (Å²) >= 11 is 1.55. The Morgan fingerprint density at radius 2 is 2.10 bits per heavy atom. The van der Waals surface area contributed by atoms with Crippen molar-refractivity contribution in [3.63, 3.8) is 0 Å². The summed E-state index contributed by atoms with van der Waals surface area (Å²) in [5.74, 6) is -0.420. The minimum atomic E-state index is -0.682. The summed E-state index contributed by atoms with van der Waals surface area (Å²) in [6.07, 6.45) is 1.11. The van der Waals surface area contributed by atoms with Gasteiger partial charge < -0.3 is 9.47 Å². The highest BCUT2D eigenvalue weighted by Gasteiger charge is 2.34. The van der Waals surface area contributed by atoms with Crippen molar-refractivity contribution < 1.29 is 23.5 Å². The number of hydrogen-bond acceptors (Lipinski definition) is 6. The van der Waals surface area contributed by atoms with E-state index in [2.05, 4.69) is 4.98 Å². The van der Waals surface area contributed by atoms with Gasteiger partial charge in [-0.1, -0.05) is 18.2 Å². The minimum absolute atomic E-state index is 0.0104. The molecule has 0 saturated heterocycles. The van der Waals surface area contributed by atoms with E-state index in [1.165, 1.54) is 29.3 Å². The number of anilines is 1. The van der Waals surface area contributed by atoms with Crippen LogP contribution in [0, 0.1) is 5.82 Å². The minimum Gasteiger partial charge on any atom is -0.476 e. The summed E-state index contributed by atoms with van der Waals surface area (Å²) in [5.41, 5.74) is 0.881. The van der Waals surface area contributed by atoms with Gasteiger partial charge in [-0.25, -0.2) is 14.2 Å². The smallest absolute Gasteiger partial charge is 0.340 e. The fourth-order valence-corrected chi connectivity index (χ4v) is 3.70. The summed E-state index contributed by atoms with van der Waals surface area (Å²) < 4.78 is 24.1. The lowest BCUT2D eigenvalue weighted by molar-refractivity contribution is -0.126. The van der Waals surface area contributed by atoms with E-state index in [4.69, 9.17) is 9.47 Å². The highest BCUT2D eigenvalue weighted by molar-refractivity contribution is 7.09. The number of aromatic nitrogens is 1. The van der Waals surface area contributed by atoms with Gasteiger partial charge in [-0.2, -0.15) is 0 Å². The van der Waals surface area contributed by atoms with Crippen LogP contribution in [0.2, 0.25) is 0 Å². The van der Waals surface area contributed by atoms with Gasteiger partial charge in [0.05, 0.1) is 5.56 Å². The second kappa shape index (κ2) is 8.00. The monoisotopic (exact) mass is 412 g/mol. The van der Waals surface area contributed by atoms with Crippen LogP contribution in [0.1, 0.15) is 20.8 Å². The zero-order valence-electron chi connectivity index (χ0n) is 15.5. The van der Waals surface area contributed by atoms with Crippen LogP contribution in [0.25, 0.3) is 0 Å². The van der Waals surface area contributed by atoms with E-state index in [0.717, 1.165) is 4.88 Å². The van der Waals surface area contributed by atoms with E-state index in [-0.39, 0.29) is 23.9 Å². The van der Waals surface area contributed by atoms with Crippen LogP contribution >= 0.6 is 11.3 Å². The molecule has 29 heavy (non-hydrogen) atoms. The zero-order chi connectivity index (χ0) is 20.4. The van der Waals surface area contributed by atoms with Gasteiger partial charge in [0.1, 0.15) is 12.4 Å². The summed E-state index contributed by atoms with van der Waals surface area (Å²) in [7, 11) is 1.63. The number of carbonyl (C=O) groups is 2. The maximum absolute atomic E-state index is 13.0. The van der Waals surface area contributed by atoms with Crippen LogP contribution in [-0.2, 0) is 22.6 Å². The highest BCUT2D eigenvalue weighted by atomic mass is 32.1. The molecule has 0 fully saturated rings. The Bertz CT molecular complexity index is 1040. The fraction of sp³-hybridized carbons (Fsp3) is 0.190. The standard InChI is InChI=1S/C21H17FN2O4S/c1-24-19-17(28-18(20(24)25)10-16-3-2-8-29-16)9-14(11-23-19)21(26)27-12-13-4-6-15(22)7-5-13/h2-9,11,18H,10,12H2,1H3. The van der Waals surface area contributed by atoms with Crippen molar-refractivity contribution in [3.8, 4) is 5.75 Å². The fourth-order valence-electron chi connectivity index (χ4n) is 2.96. The normalized spacial score (nSPS) is 15.6. The maximum Gasteiger partial charge on any atom is 0.340 e. The van der Waals surface area contributed by atoms with Gasteiger partial charge in [0, 0.05) is 30.6 Å². The lowest BCUT2D eigenvalue weighted by atomic mass is 10.1. The molecule has 0 N–H and O–H groups in total. The van der Waals surface area contributed by atoms with Gasteiger partial charge in [0.15, 0.2) is 17.7 Å². The highest BCUT2D eigenvalue weighted by Crippen LogP contribution is 2.33. The average molecular weight is 412 g/mol. The van der Waals surface area contributed by atoms with Crippen molar-refractivity contribution in [1.82, 2.24) is 4.98 Å². The van der Waals surface area contributed by atoms with Gasteiger partial charge in [-0.3, -0.25) is 9.69 Å². The largest absolute Gasteiger partial charge is 0.476 e. The summed E-state index contributed by atoms with van der Waals surface area (Å²) in [5, 5.41) is 1.94. The number of halogens is 1. The van der Waals surface area contributed by atoms with E-state index < -0.39 is 12.1 Å². The van der Waals surface area contributed by atoms with E-state index >= 15 is 0 Å². The number of thiophene rings is 1. The Hall–Kier alpha value is -3.26. The van der Waals surface area contributed by atoms with Gasteiger partial charge in [0.25, 0.3) is 5.91 Å². The molecule has 1 aliphatic rings. The van der Waals surface area contributed by atoms with Gasteiger partial charge in [-0.05, 0) is 29.1 Å². The molecule has 148 valence electrons. The van der Waals surface area contributed by atoms with Crippen molar-refractivity contribution in [2.45, 2.75) is 19.1 Å².